The third kappa shape index (κ3) is 8.51. The summed E-state index contributed by atoms with van der Waals surface area (Å²) in [5.41, 5.74) is 2.35. The number of amides is 1. The highest BCUT2D eigenvalue weighted by molar-refractivity contribution is 6.15. The van der Waals surface area contributed by atoms with E-state index in [1.165, 1.54) is 12.0 Å². The Morgan fingerprint density at radius 3 is 2.50 bits per heavy atom. The van der Waals surface area contributed by atoms with Crippen molar-refractivity contribution in [2.75, 3.05) is 45.8 Å². The summed E-state index contributed by atoms with van der Waals surface area (Å²) in [6.45, 7) is 8.71. The van der Waals surface area contributed by atoms with Gasteiger partial charge in [0.05, 0.1) is 13.7 Å². The van der Waals surface area contributed by atoms with Crippen molar-refractivity contribution in [1.82, 2.24) is 4.90 Å². The van der Waals surface area contributed by atoms with E-state index in [9.17, 15) is 14.4 Å². The van der Waals surface area contributed by atoms with E-state index in [2.05, 4.69) is 14.7 Å². The fourth-order valence-electron chi connectivity index (χ4n) is 3.32. The first-order valence-corrected chi connectivity index (χ1v) is 11.6. The lowest BCUT2D eigenvalue weighted by Gasteiger charge is -2.22. The maximum atomic E-state index is 13.0. The molecule has 0 fully saturated rings. The van der Waals surface area contributed by atoms with Crippen LogP contribution in [0.25, 0.3) is 6.08 Å². The number of anilines is 1. The lowest BCUT2D eigenvalue weighted by Crippen LogP contribution is -2.38. The Morgan fingerprint density at radius 1 is 1.19 bits per heavy atom. The summed E-state index contributed by atoms with van der Waals surface area (Å²) < 4.78 is 15.6. The fourth-order valence-corrected chi connectivity index (χ4v) is 3.32. The van der Waals surface area contributed by atoms with E-state index in [0.29, 0.717) is 24.8 Å². The average Bonchev–Trinajstić information content (AvgIpc) is 3.04. The first kappa shape index (κ1) is 28.5. The molecule has 0 aliphatic carbocycles. The van der Waals surface area contributed by atoms with Gasteiger partial charge in [-0.05, 0) is 57.0 Å². The van der Waals surface area contributed by atoms with E-state index in [-0.39, 0.29) is 24.7 Å². The SMILES string of the molecule is COC(=O)C/N=C(/C)OCCc1cc(N(C)C)ccc1/C=C1\N=C(C)N(CC(=O)OC(C)(C)C)C1=O. The van der Waals surface area contributed by atoms with Crippen molar-refractivity contribution >= 4 is 41.3 Å². The second-order valence-corrected chi connectivity index (χ2v) is 9.45. The maximum Gasteiger partial charge on any atom is 0.327 e. The minimum absolute atomic E-state index is 0.102. The average molecular weight is 501 g/mol. The molecule has 1 aromatic carbocycles. The Balaban J connectivity index is 2.20. The summed E-state index contributed by atoms with van der Waals surface area (Å²) in [6, 6.07) is 5.89. The van der Waals surface area contributed by atoms with Crippen LogP contribution >= 0.6 is 0 Å². The molecule has 1 aliphatic heterocycles. The minimum atomic E-state index is -0.642. The number of hydrogen-bond acceptors (Lipinski definition) is 9. The van der Waals surface area contributed by atoms with E-state index >= 15 is 0 Å². The molecule has 0 radical (unpaired) electrons. The van der Waals surface area contributed by atoms with Crippen LogP contribution in [0.1, 0.15) is 45.7 Å². The summed E-state index contributed by atoms with van der Waals surface area (Å²) in [4.78, 5) is 48.3. The summed E-state index contributed by atoms with van der Waals surface area (Å²) >= 11 is 0. The highest BCUT2D eigenvalue weighted by Gasteiger charge is 2.31. The van der Waals surface area contributed by atoms with Crippen LogP contribution in [0.15, 0.2) is 33.9 Å². The Bertz CT molecular complexity index is 1080. The van der Waals surface area contributed by atoms with Gasteiger partial charge in [0.1, 0.15) is 30.2 Å². The molecule has 0 bridgehead atoms. The second kappa shape index (κ2) is 12.3. The van der Waals surface area contributed by atoms with Crippen molar-refractivity contribution in [3.8, 4) is 0 Å². The van der Waals surface area contributed by atoms with Gasteiger partial charge in [0.25, 0.3) is 5.91 Å². The number of carbonyl (C=O) groups excluding carboxylic acids is 3. The van der Waals surface area contributed by atoms with Crippen molar-refractivity contribution in [2.24, 2.45) is 9.98 Å². The number of esters is 2. The van der Waals surface area contributed by atoms with Gasteiger partial charge >= 0.3 is 11.9 Å². The molecule has 1 heterocycles. The quantitative estimate of drug-likeness (QED) is 0.222. The van der Waals surface area contributed by atoms with Gasteiger partial charge in [-0.1, -0.05) is 6.07 Å². The number of amidine groups is 1. The van der Waals surface area contributed by atoms with Crippen molar-refractivity contribution < 1.29 is 28.6 Å². The Morgan fingerprint density at radius 2 is 1.89 bits per heavy atom. The smallest absolute Gasteiger partial charge is 0.327 e. The van der Waals surface area contributed by atoms with E-state index in [1.807, 2.05) is 37.2 Å². The normalized spacial score (nSPS) is 15.2. The van der Waals surface area contributed by atoms with E-state index in [0.717, 1.165) is 16.8 Å². The van der Waals surface area contributed by atoms with Crippen molar-refractivity contribution in [1.29, 1.82) is 0 Å². The Labute approximate surface area is 212 Å². The van der Waals surface area contributed by atoms with Gasteiger partial charge in [-0.25, -0.2) is 9.98 Å². The van der Waals surface area contributed by atoms with Crippen LogP contribution < -0.4 is 4.90 Å². The molecular weight excluding hydrogens is 464 g/mol. The van der Waals surface area contributed by atoms with Crippen LogP contribution in [0.5, 0.6) is 0 Å². The predicted molar refractivity (Wildman–Crippen MR) is 139 cm³/mol. The molecule has 0 unspecified atom stereocenters. The first-order chi connectivity index (χ1) is 16.8. The molecule has 0 saturated heterocycles. The van der Waals surface area contributed by atoms with Crippen molar-refractivity contribution in [2.45, 2.75) is 46.6 Å². The molecule has 10 heteroatoms. The molecule has 0 aromatic heterocycles. The topological polar surface area (TPSA) is 110 Å². The van der Waals surface area contributed by atoms with Gasteiger partial charge in [-0.2, -0.15) is 0 Å². The number of ether oxygens (including phenoxy) is 3. The van der Waals surface area contributed by atoms with Crippen LogP contribution in [0.3, 0.4) is 0 Å². The lowest BCUT2D eigenvalue weighted by molar-refractivity contribution is -0.156. The highest BCUT2D eigenvalue weighted by atomic mass is 16.6. The number of nitrogens with zero attached hydrogens (tertiary/aromatic N) is 4. The third-order valence-electron chi connectivity index (χ3n) is 5.12. The highest BCUT2D eigenvalue weighted by Crippen LogP contribution is 2.24. The third-order valence-corrected chi connectivity index (χ3v) is 5.12. The molecule has 1 amide bonds. The van der Waals surface area contributed by atoms with Gasteiger partial charge in [-0.15, -0.1) is 0 Å². The second-order valence-electron chi connectivity index (χ2n) is 9.45. The van der Waals surface area contributed by atoms with Crippen LogP contribution in [0.2, 0.25) is 0 Å². The van der Waals surface area contributed by atoms with Crippen molar-refractivity contribution in [3.63, 3.8) is 0 Å². The fraction of sp³-hybridized carbons (Fsp3) is 0.500. The minimum Gasteiger partial charge on any atom is -0.481 e. The molecule has 1 aromatic rings. The zero-order chi connectivity index (χ0) is 27.0. The number of hydrogen-bond donors (Lipinski definition) is 0. The Hall–Kier alpha value is -3.69. The van der Waals surface area contributed by atoms with E-state index < -0.39 is 17.5 Å². The van der Waals surface area contributed by atoms with Crippen molar-refractivity contribution in [3.05, 3.63) is 35.0 Å². The largest absolute Gasteiger partial charge is 0.481 e. The number of aliphatic imine (C=N–C) groups is 2. The molecule has 0 spiro atoms. The van der Waals surface area contributed by atoms with Crippen LogP contribution in [0.4, 0.5) is 5.69 Å². The predicted octanol–water partition coefficient (Wildman–Crippen LogP) is 2.85. The van der Waals surface area contributed by atoms with Gasteiger partial charge in [0.2, 0.25) is 0 Å². The number of benzene rings is 1. The number of methoxy groups -OCH3 is 1. The zero-order valence-corrected chi connectivity index (χ0v) is 22.4. The molecule has 0 saturated carbocycles. The van der Waals surface area contributed by atoms with Gasteiger partial charge in [0, 0.05) is 33.1 Å². The van der Waals surface area contributed by atoms with Crippen LogP contribution in [-0.2, 0) is 35.0 Å². The molecule has 0 atom stereocenters. The summed E-state index contributed by atoms with van der Waals surface area (Å²) in [6.07, 6.45) is 2.25. The summed E-state index contributed by atoms with van der Waals surface area (Å²) in [5, 5.41) is 0. The summed E-state index contributed by atoms with van der Waals surface area (Å²) in [5.74, 6) is -0.479. The molecule has 196 valence electrons. The number of carbonyl (C=O) groups is 3. The zero-order valence-electron chi connectivity index (χ0n) is 22.4. The van der Waals surface area contributed by atoms with Crippen LogP contribution in [-0.4, -0.2) is 81.0 Å². The van der Waals surface area contributed by atoms with E-state index in [1.54, 1.807) is 40.7 Å². The van der Waals surface area contributed by atoms with E-state index in [4.69, 9.17) is 9.47 Å². The van der Waals surface area contributed by atoms with Gasteiger partial charge in [0.15, 0.2) is 5.90 Å². The monoisotopic (exact) mass is 500 g/mol. The molecular formula is C26H36N4O6. The lowest BCUT2D eigenvalue weighted by atomic mass is 10.0. The first-order valence-electron chi connectivity index (χ1n) is 11.6. The molecule has 2 rings (SSSR count). The summed E-state index contributed by atoms with van der Waals surface area (Å²) in [7, 11) is 5.19. The van der Waals surface area contributed by atoms with Gasteiger partial charge < -0.3 is 19.1 Å². The van der Waals surface area contributed by atoms with Crippen LogP contribution in [0, 0.1) is 0 Å². The Kier molecular flexibility index (Phi) is 9.77. The standard InChI is InChI=1S/C26H36N4O6/c1-17-28-22(25(33)30(17)16-24(32)36-26(3,4)5)14-19-9-10-21(29(6)7)13-20(19)11-12-35-18(2)27-15-23(31)34-8/h9-10,13-14H,11-12,15-16H2,1-8H3/b22-14-,27-18-. The molecule has 1 aliphatic rings. The molecule has 10 nitrogen and oxygen atoms in total. The van der Waals surface area contributed by atoms with Gasteiger partial charge in [-0.3, -0.25) is 19.3 Å². The maximum absolute atomic E-state index is 13.0. The molecule has 36 heavy (non-hydrogen) atoms. The molecule has 0 N–H and O–H groups in total. The number of rotatable bonds is 9.